The van der Waals surface area contributed by atoms with E-state index in [1.165, 1.54) is 6.92 Å². The number of nitrogens with two attached hydrogens (primary N) is 1. The van der Waals surface area contributed by atoms with E-state index in [2.05, 4.69) is 5.32 Å². The fourth-order valence-corrected chi connectivity index (χ4v) is 1.66. The lowest BCUT2D eigenvalue weighted by molar-refractivity contribution is -0.385. The molecule has 1 atom stereocenters. The Bertz CT molecular complexity index is 503. The Morgan fingerprint density at radius 3 is 2.74 bits per heavy atom. The Kier molecular flexibility index (Phi) is 4.94. The molecule has 0 bridgehead atoms. The lowest BCUT2D eigenvalue weighted by Gasteiger charge is -2.09. The molecule has 1 aromatic carbocycles. The number of nitrogens with one attached hydrogen (secondary N) is 1. The average Bonchev–Trinajstić information content (AvgIpc) is 2.26. The summed E-state index contributed by atoms with van der Waals surface area (Å²) in [6, 6.07) is 1.80. The van der Waals surface area contributed by atoms with Crippen LogP contribution >= 0.6 is 0 Å². The van der Waals surface area contributed by atoms with Gasteiger partial charge in [0.25, 0.3) is 11.6 Å². The van der Waals surface area contributed by atoms with E-state index in [1.807, 2.05) is 0 Å². The second kappa shape index (κ2) is 6.24. The maximum absolute atomic E-state index is 13.3. The molecular weight excluding hydrogens is 253 g/mol. The van der Waals surface area contributed by atoms with E-state index in [0.717, 1.165) is 12.1 Å². The number of halogens is 1. The van der Waals surface area contributed by atoms with E-state index in [1.54, 1.807) is 6.92 Å². The number of carbonyl (C=O) groups excluding carboxylic acids is 1. The summed E-state index contributed by atoms with van der Waals surface area (Å²) in [7, 11) is 0. The smallest absolute Gasteiger partial charge is 0.285 e. The fraction of sp³-hybridized carbons (Fsp3) is 0.417. The molecule has 0 saturated carbocycles. The van der Waals surface area contributed by atoms with Gasteiger partial charge in [0.15, 0.2) is 0 Å². The van der Waals surface area contributed by atoms with Crippen molar-refractivity contribution in [2.75, 3.05) is 6.54 Å². The molecular formula is C12H16FN3O3. The molecule has 6 nitrogen and oxygen atoms in total. The van der Waals surface area contributed by atoms with Gasteiger partial charge in [0.05, 0.1) is 4.92 Å². The van der Waals surface area contributed by atoms with Gasteiger partial charge in [-0.15, -0.1) is 0 Å². The Morgan fingerprint density at radius 2 is 2.21 bits per heavy atom. The Labute approximate surface area is 109 Å². The first-order valence-electron chi connectivity index (χ1n) is 5.81. The van der Waals surface area contributed by atoms with Crippen molar-refractivity contribution in [1.82, 2.24) is 5.32 Å². The number of rotatable bonds is 5. The summed E-state index contributed by atoms with van der Waals surface area (Å²) in [5.74, 6) is -1.35. The Morgan fingerprint density at radius 1 is 1.58 bits per heavy atom. The van der Waals surface area contributed by atoms with Crippen LogP contribution < -0.4 is 11.1 Å². The number of nitro benzene ring substituents is 1. The molecule has 19 heavy (non-hydrogen) atoms. The van der Waals surface area contributed by atoms with Gasteiger partial charge in [-0.1, -0.05) is 0 Å². The Hall–Kier alpha value is -2.02. The van der Waals surface area contributed by atoms with Crippen molar-refractivity contribution in [3.63, 3.8) is 0 Å². The number of nitrogens with zero attached hydrogens (tertiary/aromatic N) is 1. The minimum absolute atomic E-state index is 0.0930. The van der Waals surface area contributed by atoms with Crippen LogP contribution in [0.15, 0.2) is 12.1 Å². The van der Waals surface area contributed by atoms with E-state index in [9.17, 15) is 19.3 Å². The minimum atomic E-state index is -0.685. The number of carbonyl (C=O) groups is 1. The zero-order valence-electron chi connectivity index (χ0n) is 10.8. The van der Waals surface area contributed by atoms with Crippen LogP contribution in [-0.2, 0) is 0 Å². The van der Waals surface area contributed by atoms with Crippen molar-refractivity contribution >= 4 is 11.6 Å². The fourth-order valence-electron chi connectivity index (χ4n) is 1.66. The van der Waals surface area contributed by atoms with Crippen LogP contribution in [0.25, 0.3) is 0 Å². The van der Waals surface area contributed by atoms with Crippen molar-refractivity contribution in [1.29, 1.82) is 0 Å². The van der Waals surface area contributed by atoms with Gasteiger partial charge in [0, 0.05) is 18.2 Å². The predicted octanol–water partition coefficient (Wildman–Crippen LogP) is 1.51. The van der Waals surface area contributed by atoms with E-state index < -0.39 is 16.6 Å². The van der Waals surface area contributed by atoms with Crippen LogP contribution in [0.1, 0.15) is 29.3 Å². The van der Waals surface area contributed by atoms with Crippen molar-refractivity contribution in [3.05, 3.63) is 39.2 Å². The summed E-state index contributed by atoms with van der Waals surface area (Å²) < 4.78 is 13.3. The van der Waals surface area contributed by atoms with Crippen LogP contribution in [0.2, 0.25) is 0 Å². The zero-order valence-corrected chi connectivity index (χ0v) is 10.8. The van der Waals surface area contributed by atoms with Gasteiger partial charge in [-0.25, -0.2) is 4.39 Å². The van der Waals surface area contributed by atoms with Gasteiger partial charge < -0.3 is 11.1 Å². The highest BCUT2D eigenvalue weighted by molar-refractivity contribution is 5.98. The normalized spacial score (nSPS) is 12.0. The molecule has 1 aromatic rings. The molecule has 104 valence electrons. The first kappa shape index (κ1) is 15.0. The monoisotopic (exact) mass is 269 g/mol. The third-order valence-electron chi connectivity index (χ3n) is 2.58. The van der Waals surface area contributed by atoms with Crippen LogP contribution in [0.5, 0.6) is 0 Å². The van der Waals surface area contributed by atoms with Crippen LogP contribution in [0, 0.1) is 22.9 Å². The van der Waals surface area contributed by atoms with Crippen molar-refractivity contribution in [2.24, 2.45) is 5.73 Å². The van der Waals surface area contributed by atoms with Crippen molar-refractivity contribution in [2.45, 2.75) is 26.3 Å². The second-order valence-corrected chi connectivity index (χ2v) is 4.40. The van der Waals surface area contributed by atoms with Crippen molar-refractivity contribution < 1.29 is 14.1 Å². The number of nitro groups is 1. The summed E-state index contributed by atoms with van der Waals surface area (Å²) in [6.07, 6.45) is 0.536. The third-order valence-corrected chi connectivity index (χ3v) is 2.58. The topological polar surface area (TPSA) is 98.3 Å². The van der Waals surface area contributed by atoms with E-state index in [0.29, 0.717) is 6.42 Å². The molecule has 0 aliphatic rings. The van der Waals surface area contributed by atoms with Crippen LogP contribution in [-0.4, -0.2) is 23.4 Å². The summed E-state index contributed by atoms with van der Waals surface area (Å²) in [4.78, 5) is 22.1. The average molecular weight is 269 g/mol. The van der Waals surface area contributed by atoms with E-state index in [4.69, 9.17) is 5.73 Å². The molecule has 0 aromatic heterocycles. The number of aryl methyl sites for hydroxylation is 1. The molecule has 1 amide bonds. The lowest BCUT2D eigenvalue weighted by atomic mass is 10.1. The van der Waals surface area contributed by atoms with E-state index >= 15 is 0 Å². The van der Waals surface area contributed by atoms with Gasteiger partial charge in [0.2, 0.25) is 0 Å². The zero-order chi connectivity index (χ0) is 14.6. The molecule has 0 radical (unpaired) electrons. The second-order valence-electron chi connectivity index (χ2n) is 4.40. The number of benzene rings is 1. The largest absolute Gasteiger partial charge is 0.352 e. The lowest BCUT2D eigenvalue weighted by Crippen LogP contribution is -2.29. The molecule has 0 saturated heterocycles. The van der Waals surface area contributed by atoms with Gasteiger partial charge in [-0.2, -0.15) is 0 Å². The number of hydrogen-bond acceptors (Lipinski definition) is 4. The predicted molar refractivity (Wildman–Crippen MR) is 68.4 cm³/mol. The van der Waals surface area contributed by atoms with E-state index in [-0.39, 0.29) is 29.4 Å². The third kappa shape index (κ3) is 3.99. The summed E-state index contributed by atoms with van der Waals surface area (Å²) in [5.41, 5.74) is 4.99. The summed E-state index contributed by atoms with van der Waals surface area (Å²) in [5, 5.41) is 13.4. The highest BCUT2D eigenvalue weighted by Gasteiger charge is 2.23. The standard InChI is InChI=1S/C12H16FN3O3/c1-7-5-9(13)6-10(11(7)16(18)19)12(17)15-4-3-8(2)14/h5-6,8H,3-4,14H2,1-2H3,(H,15,17). The maximum atomic E-state index is 13.3. The van der Waals surface area contributed by atoms with Crippen molar-refractivity contribution in [3.8, 4) is 0 Å². The highest BCUT2D eigenvalue weighted by atomic mass is 19.1. The SMILES string of the molecule is Cc1cc(F)cc(C(=O)NCCC(C)N)c1[N+](=O)[O-]. The number of hydrogen-bond donors (Lipinski definition) is 2. The van der Waals surface area contributed by atoms with Gasteiger partial charge in [-0.3, -0.25) is 14.9 Å². The molecule has 1 unspecified atom stereocenters. The molecule has 3 N–H and O–H groups in total. The summed E-state index contributed by atoms with van der Waals surface area (Å²) in [6.45, 7) is 3.45. The molecule has 0 spiro atoms. The molecule has 1 rings (SSSR count). The highest BCUT2D eigenvalue weighted by Crippen LogP contribution is 2.24. The van der Waals surface area contributed by atoms with Gasteiger partial charge >= 0.3 is 0 Å². The molecule has 7 heteroatoms. The first-order valence-corrected chi connectivity index (χ1v) is 5.81. The summed E-state index contributed by atoms with van der Waals surface area (Å²) >= 11 is 0. The Balaban J connectivity index is 2.98. The molecule has 0 heterocycles. The molecule has 0 fully saturated rings. The molecule has 0 aliphatic carbocycles. The molecule has 0 aliphatic heterocycles. The number of amides is 1. The quantitative estimate of drug-likeness (QED) is 0.625. The van der Waals surface area contributed by atoms with Gasteiger partial charge in [0.1, 0.15) is 11.4 Å². The first-order chi connectivity index (χ1) is 8.82. The van der Waals surface area contributed by atoms with Gasteiger partial charge in [-0.05, 0) is 32.4 Å². The van der Waals surface area contributed by atoms with Crippen LogP contribution in [0.3, 0.4) is 0 Å². The maximum Gasteiger partial charge on any atom is 0.285 e. The minimum Gasteiger partial charge on any atom is -0.352 e. The van der Waals surface area contributed by atoms with Crippen LogP contribution in [0.4, 0.5) is 10.1 Å².